The van der Waals surface area contributed by atoms with Gasteiger partial charge in [-0.1, -0.05) is 20.8 Å². The summed E-state index contributed by atoms with van der Waals surface area (Å²) in [5, 5.41) is 0. The molecule has 2 rings (SSSR count). The zero-order valence-electron chi connectivity index (χ0n) is 11.1. The van der Waals surface area contributed by atoms with Crippen molar-refractivity contribution in [2.75, 3.05) is 7.11 Å². The molecule has 0 N–H and O–H groups in total. The Morgan fingerprint density at radius 2 is 2.06 bits per heavy atom. The molecular weight excluding hydrogens is 212 g/mol. The maximum Gasteiger partial charge on any atom is 0.163 e. The van der Waals surface area contributed by atoms with E-state index in [0.717, 1.165) is 35.3 Å². The average Bonchev–Trinajstić information content (AvgIpc) is 2.33. The highest BCUT2D eigenvalue weighted by Gasteiger charge is 2.33. The SMILES string of the molecule is CCc1cc(OC)cc2c1C(=O)CCC2(C)C. The molecule has 0 heterocycles. The maximum absolute atomic E-state index is 12.1. The highest BCUT2D eigenvalue weighted by molar-refractivity contribution is 6.00. The number of hydrogen-bond acceptors (Lipinski definition) is 2. The van der Waals surface area contributed by atoms with Gasteiger partial charge in [-0.2, -0.15) is 0 Å². The topological polar surface area (TPSA) is 26.3 Å². The summed E-state index contributed by atoms with van der Waals surface area (Å²) in [6.07, 6.45) is 2.47. The largest absolute Gasteiger partial charge is 0.497 e. The number of aryl methyl sites for hydroxylation is 1. The molecule has 0 fully saturated rings. The first kappa shape index (κ1) is 12.2. The van der Waals surface area contributed by atoms with Gasteiger partial charge in [-0.25, -0.2) is 0 Å². The Kier molecular flexibility index (Phi) is 2.98. The number of hydrogen-bond donors (Lipinski definition) is 0. The van der Waals surface area contributed by atoms with Crippen molar-refractivity contribution in [2.24, 2.45) is 0 Å². The molecule has 92 valence electrons. The summed E-state index contributed by atoms with van der Waals surface area (Å²) in [4.78, 5) is 12.1. The number of ketones is 1. The Labute approximate surface area is 103 Å². The predicted octanol–water partition coefficient (Wildman–Crippen LogP) is 3.51. The monoisotopic (exact) mass is 232 g/mol. The number of Topliss-reactive ketones (excluding diaryl/α,β-unsaturated/α-hetero) is 1. The Balaban J connectivity index is 2.70. The fourth-order valence-corrected chi connectivity index (χ4v) is 2.62. The third-order valence-electron chi connectivity index (χ3n) is 3.80. The van der Waals surface area contributed by atoms with E-state index in [1.54, 1.807) is 7.11 Å². The summed E-state index contributed by atoms with van der Waals surface area (Å²) >= 11 is 0. The van der Waals surface area contributed by atoms with E-state index < -0.39 is 0 Å². The molecule has 0 aliphatic heterocycles. The number of rotatable bonds is 2. The van der Waals surface area contributed by atoms with E-state index in [2.05, 4.69) is 20.8 Å². The van der Waals surface area contributed by atoms with Crippen molar-refractivity contribution in [3.8, 4) is 5.75 Å². The van der Waals surface area contributed by atoms with Crippen LogP contribution in [0.2, 0.25) is 0 Å². The van der Waals surface area contributed by atoms with E-state index >= 15 is 0 Å². The van der Waals surface area contributed by atoms with E-state index in [0.29, 0.717) is 12.2 Å². The quantitative estimate of drug-likeness (QED) is 0.780. The maximum atomic E-state index is 12.1. The van der Waals surface area contributed by atoms with Crippen LogP contribution in [0.5, 0.6) is 5.75 Å². The van der Waals surface area contributed by atoms with Gasteiger partial charge in [-0.05, 0) is 41.5 Å². The molecular formula is C15H20O2. The van der Waals surface area contributed by atoms with E-state index in [-0.39, 0.29) is 5.41 Å². The first-order valence-corrected chi connectivity index (χ1v) is 6.24. The minimum absolute atomic E-state index is 0.0711. The zero-order valence-corrected chi connectivity index (χ0v) is 11.1. The van der Waals surface area contributed by atoms with Crippen molar-refractivity contribution in [1.82, 2.24) is 0 Å². The minimum Gasteiger partial charge on any atom is -0.497 e. The highest BCUT2D eigenvalue weighted by Crippen LogP contribution is 2.40. The van der Waals surface area contributed by atoms with Crippen molar-refractivity contribution in [3.05, 3.63) is 28.8 Å². The Morgan fingerprint density at radius 3 is 2.65 bits per heavy atom. The highest BCUT2D eigenvalue weighted by atomic mass is 16.5. The number of fused-ring (bicyclic) bond motifs is 1. The molecule has 2 heteroatoms. The Morgan fingerprint density at radius 1 is 1.35 bits per heavy atom. The van der Waals surface area contributed by atoms with Crippen LogP contribution in [0.25, 0.3) is 0 Å². The van der Waals surface area contributed by atoms with Crippen molar-refractivity contribution in [2.45, 2.75) is 45.4 Å². The van der Waals surface area contributed by atoms with Crippen LogP contribution in [0.3, 0.4) is 0 Å². The summed E-state index contributed by atoms with van der Waals surface area (Å²) in [5.41, 5.74) is 3.30. The Bertz CT molecular complexity index is 458. The molecule has 0 saturated heterocycles. The van der Waals surface area contributed by atoms with Gasteiger partial charge in [0.05, 0.1) is 7.11 Å². The van der Waals surface area contributed by atoms with Crippen LogP contribution in [0.15, 0.2) is 12.1 Å². The molecule has 0 unspecified atom stereocenters. The summed E-state index contributed by atoms with van der Waals surface area (Å²) in [5.74, 6) is 1.15. The molecule has 1 aromatic carbocycles. The van der Waals surface area contributed by atoms with E-state index in [9.17, 15) is 4.79 Å². The van der Waals surface area contributed by atoms with Crippen molar-refractivity contribution < 1.29 is 9.53 Å². The van der Waals surface area contributed by atoms with Gasteiger partial charge in [-0.3, -0.25) is 4.79 Å². The van der Waals surface area contributed by atoms with Crippen LogP contribution in [-0.2, 0) is 11.8 Å². The lowest BCUT2D eigenvalue weighted by molar-refractivity contribution is 0.0955. The summed E-state index contributed by atoms with van der Waals surface area (Å²) in [6, 6.07) is 4.03. The van der Waals surface area contributed by atoms with Gasteiger partial charge in [0.25, 0.3) is 0 Å². The molecule has 0 atom stereocenters. The second-order valence-corrected chi connectivity index (χ2v) is 5.37. The molecule has 2 nitrogen and oxygen atoms in total. The predicted molar refractivity (Wildman–Crippen MR) is 69.0 cm³/mol. The van der Waals surface area contributed by atoms with Crippen molar-refractivity contribution in [3.63, 3.8) is 0 Å². The first-order chi connectivity index (χ1) is 7.99. The van der Waals surface area contributed by atoms with Crippen LogP contribution in [0, 0.1) is 0 Å². The molecule has 0 spiro atoms. The average molecular weight is 232 g/mol. The molecule has 1 aromatic rings. The molecule has 1 aliphatic rings. The normalized spacial score (nSPS) is 17.8. The molecule has 17 heavy (non-hydrogen) atoms. The summed E-state index contributed by atoms with van der Waals surface area (Å²) in [6.45, 7) is 6.50. The molecule has 0 amide bonds. The lowest BCUT2D eigenvalue weighted by Crippen LogP contribution is -2.28. The van der Waals surface area contributed by atoms with Crippen LogP contribution >= 0.6 is 0 Å². The number of carbonyl (C=O) groups is 1. The molecule has 0 aromatic heterocycles. The van der Waals surface area contributed by atoms with Gasteiger partial charge < -0.3 is 4.74 Å². The standard InChI is InChI=1S/C15H20O2/c1-5-10-8-11(17-4)9-12-14(10)13(16)6-7-15(12,2)3/h8-9H,5-7H2,1-4H3. The van der Waals surface area contributed by atoms with Gasteiger partial charge in [-0.15, -0.1) is 0 Å². The van der Waals surface area contributed by atoms with Crippen molar-refractivity contribution >= 4 is 5.78 Å². The lowest BCUT2D eigenvalue weighted by Gasteiger charge is -2.33. The van der Waals surface area contributed by atoms with Crippen LogP contribution < -0.4 is 4.74 Å². The third kappa shape index (κ3) is 1.97. The number of benzene rings is 1. The van der Waals surface area contributed by atoms with Crippen LogP contribution in [0.1, 0.15) is 55.1 Å². The van der Waals surface area contributed by atoms with Gasteiger partial charge in [0.15, 0.2) is 5.78 Å². The lowest BCUT2D eigenvalue weighted by atomic mass is 9.71. The number of ether oxygens (including phenoxy) is 1. The molecule has 0 radical (unpaired) electrons. The van der Waals surface area contributed by atoms with E-state index in [4.69, 9.17) is 4.74 Å². The van der Waals surface area contributed by atoms with Crippen molar-refractivity contribution in [1.29, 1.82) is 0 Å². The molecule has 0 bridgehead atoms. The third-order valence-corrected chi connectivity index (χ3v) is 3.80. The van der Waals surface area contributed by atoms with Gasteiger partial charge in [0.2, 0.25) is 0 Å². The molecule has 0 saturated carbocycles. The van der Waals surface area contributed by atoms with Crippen LogP contribution in [-0.4, -0.2) is 12.9 Å². The summed E-state index contributed by atoms with van der Waals surface area (Å²) in [7, 11) is 1.68. The zero-order chi connectivity index (χ0) is 12.6. The van der Waals surface area contributed by atoms with Crippen LogP contribution in [0.4, 0.5) is 0 Å². The van der Waals surface area contributed by atoms with Gasteiger partial charge in [0, 0.05) is 12.0 Å². The fourth-order valence-electron chi connectivity index (χ4n) is 2.62. The molecule has 1 aliphatic carbocycles. The smallest absolute Gasteiger partial charge is 0.163 e. The van der Waals surface area contributed by atoms with E-state index in [1.807, 2.05) is 12.1 Å². The Hall–Kier alpha value is -1.31. The summed E-state index contributed by atoms with van der Waals surface area (Å²) < 4.78 is 5.34. The second kappa shape index (κ2) is 4.17. The number of carbonyl (C=O) groups excluding carboxylic acids is 1. The first-order valence-electron chi connectivity index (χ1n) is 6.24. The van der Waals surface area contributed by atoms with Gasteiger partial charge in [0.1, 0.15) is 5.75 Å². The fraction of sp³-hybridized carbons (Fsp3) is 0.533. The number of methoxy groups -OCH3 is 1. The van der Waals surface area contributed by atoms with E-state index in [1.165, 1.54) is 0 Å². The second-order valence-electron chi connectivity index (χ2n) is 5.37. The minimum atomic E-state index is 0.0711. The van der Waals surface area contributed by atoms with Gasteiger partial charge >= 0.3 is 0 Å².